The van der Waals surface area contributed by atoms with E-state index < -0.39 is 0 Å². The van der Waals surface area contributed by atoms with Crippen molar-refractivity contribution in [2.45, 2.75) is 65.0 Å². The van der Waals surface area contributed by atoms with Crippen LogP contribution in [0.1, 0.15) is 52.9 Å². The van der Waals surface area contributed by atoms with E-state index in [0.717, 1.165) is 19.1 Å². The van der Waals surface area contributed by atoms with E-state index in [9.17, 15) is 0 Å². The summed E-state index contributed by atoms with van der Waals surface area (Å²) in [6.07, 6.45) is 7.06. The lowest BCUT2D eigenvalue weighted by Crippen LogP contribution is -2.41. The maximum atomic E-state index is 5.75. The summed E-state index contributed by atoms with van der Waals surface area (Å²) >= 11 is 0. The van der Waals surface area contributed by atoms with Gasteiger partial charge >= 0.3 is 0 Å². The van der Waals surface area contributed by atoms with Gasteiger partial charge in [0.05, 0.1) is 12.7 Å². The van der Waals surface area contributed by atoms with Crippen molar-refractivity contribution in [3.63, 3.8) is 0 Å². The molecule has 1 aliphatic carbocycles. The van der Waals surface area contributed by atoms with E-state index in [4.69, 9.17) is 4.74 Å². The first-order valence-electron chi connectivity index (χ1n) is 6.59. The molecule has 1 rings (SSSR count). The molecule has 2 unspecified atom stereocenters. The molecule has 0 radical (unpaired) electrons. The van der Waals surface area contributed by atoms with E-state index in [0.29, 0.717) is 12.1 Å². The summed E-state index contributed by atoms with van der Waals surface area (Å²) in [6, 6.07) is 0.706. The third-order valence-corrected chi connectivity index (χ3v) is 3.21. The third-order valence-electron chi connectivity index (χ3n) is 3.21. The number of ether oxygens (including phenoxy) is 1. The van der Waals surface area contributed by atoms with Gasteiger partial charge in [-0.1, -0.05) is 19.8 Å². The van der Waals surface area contributed by atoms with Gasteiger partial charge < -0.3 is 10.1 Å². The molecule has 15 heavy (non-hydrogen) atoms. The molecule has 0 saturated heterocycles. The van der Waals surface area contributed by atoms with Crippen molar-refractivity contribution in [3.8, 4) is 0 Å². The van der Waals surface area contributed by atoms with E-state index in [2.05, 4.69) is 26.1 Å². The zero-order valence-corrected chi connectivity index (χ0v) is 10.6. The summed E-state index contributed by atoms with van der Waals surface area (Å²) in [5.41, 5.74) is 0. The lowest BCUT2D eigenvalue weighted by Gasteiger charge is -2.32. The molecule has 0 aromatic heterocycles. The maximum absolute atomic E-state index is 5.75. The summed E-state index contributed by atoms with van der Waals surface area (Å²) in [6.45, 7) is 8.58. The van der Waals surface area contributed by atoms with E-state index in [1.165, 1.54) is 32.1 Å². The molecule has 2 atom stereocenters. The molecule has 1 fully saturated rings. The maximum Gasteiger partial charge on any atom is 0.0519 e. The van der Waals surface area contributed by atoms with Gasteiger partial charge in [0.25, 0.3) is 0 Å². The average molecular weight is 213 g/mol. The quantitative estimate of drug-likeness (QED) is 0.732. The fourth-order valence-electron chi connectivity index (χ4n) is 2.32. The predicted octanol–water partition coefficient (Wildman–Crippen LogP) is 2.97. The van der Waals surface area contributed by atoms with E-state index in [-0.39, 0.29) is 0 Å². The van der Waals surface area contributed by atoms with Crippen LogP contribution in [-0.4, -0.2) is 25.3 Å². The van der Waals surface area contributed by atoms with Crippen molar-refractivity contribution < 1.29 is 4.74 Å². The lowest BCUT2D eigenvalue weighted by molar-refractivity contribution is 0.0305. The Labute approximate surface area is 94.8 Å². The van der Waals surface area contributed by atoms with Crippen LogP contribution in [-0.2, 0) is 4.74 Å². The minimum absolute atomic E-state index is 0.374. The fourth-order valence-corrected chi connectivity index (χ4v) is 2.32. The lowest BCUT2D eigenvalue weighted by atomic mass is 9.85. The molecule has 0 heterocycles. The topological polar surface area (TPSA) is 21.3 Å². The second kappa shape index (κ2) is 7.24. The van der Waals surface area contributed by atoms with Crippen LogP contribution in [0.15, 0.2) is 0 Å². The number of hydrogen-bond donors (Lipinski definition) is 1. The Morgan fingerprint density at radius 3 is 2.67 bits per heavy atom. The fraction of sp³-hybridized carbons (Fsp3) is 1.00. The second-order valence-electron chi connectivity index (χ2n) is 4.99. The second-order valence-corrected chi connectivity index (χ2v) is 4.99. The van der Waals surface area contributed by atoms with Crippen LogP contribution in [0.3, 0.4) is 0 Å². The summed E-state index contributed by atoms with van der Waals surface area (Å²) in [5, 5.41) is 3.67. The molecular weight excluding hydrogens is 186 g/mol. The van der Waals surface area contributed by atoms with E-state index in [1.54, 1.807) is 0 Å². The Hall–Kier alpha value is -0.0800. The number of hydrogen-bond acceptors (Lipinski definition) is 2. The van der Waals surface area contributed by atoms with Gasteiger partial charge in [-0.25, -0.2) is 0 Å². The predicted molar refractivity (Wildman–Crippen MR) is 65.1 cm³/mol. The molecule has 1 N–H and O–H groups in total. The highest BCUT2D eigenvalue weighted by atomic mass is 16.5. The van der Waals surface area contributed by atoms with Crippen LogP contribution in [0.4, 0.5) is 0 Å². The van der Waals surface area contributed by atoms with E-state index in [1.807, 2.05) is 0 Å². The molecule has 0 bridgehead atoms. The molecule has 2 nitrogen and oxygen atoms in total. The first kappa shape index (κ1) is 13.0. The third kappa shape index (κ3) is 4.98. The van der Waals surface area contributed by atoms with Crippen LogP contribution in [0.2, 0.25) is 0 Å². The molecule has 1 aliphatic rings. The van der Waals surface area contributed by atoms with Crippen molar-refractivity contribution in [1.82, 2.24) is 5.32 Å². The van der Waals surface area contributed by atoms with Crippen molar-refractivity contribution in [1.29, 1.82) is 0 Å². The molecule has 0 spiro atoms. The highest BCUT2D eigenvalue weighted by molar-refractivity contribution is 4.80. The smallest absolute Gasteiger partial charge is 0.0519 e. The normalized spacial score (nSPS) is 27.2. The van der Waals surface area contributed by atoms with Crippen LogP contribution in [0.25, 0.3) is 0 Å². The first-order valence-corrected chi connectivity index (χ1v) is 6.59. The standard InChI is InChI=1S/C13H27NO/c1-4-9-14-13-8-6-5-7-12(13)10-15-11(2)3/h11-14H,4-10H2,1-3H3. The van der Waals surface area contributed by atoms with Gasteiger partial charge in [-0.05, 0) is 45.6 Å². The Morgan fingerprint density at radius 1 is 1.27 bits per heavy atom. The molecule has 0 aromatic carbocycles. The number of nitrogens with one attached hydrogen (secondary N) is 1. The van der Waals surface area contributed by atoms with Gasteiger partial charge in [-0.3, -0.25) is 0 Å². The van der Waals surface area contributed by atoms with E-state index >= 15 is 0 Å². The van der Waals surface area contributed by atoms with Crippen molar-refractivity contribution in [3.05, 3.63) is 0 Å². The van der Waals surface area contributed by atoms with Crippen LogP contribution in [0, 0.1) is 5.92 Å². The summed E-state index contributed by atoms with van der Waals surface area (Å²) in [5.74, 6) is 0.743. The molecule has 2 heteroatoms. The largest absolute Gasteiger partial charge is 0.378 e. The van der Waals surface area contributed by atoms with Crippen LogP contribution >= 0.6 is 0 Å². The minimum atomic E-state index is 0.374. The van der Waals surface area contributed by atoms with Crippen molar-refractivity contribution >= 4 is 0 Å². The van der Waals surface area contributed by atoms with Gasteiger partial charge in [0.2, 0.25) is 0 Å². The Bertz CT molecular complexity index is 159. The average Bonchev–Trinajstić information content (AvgIpc) is 2.24. The highest BCUT2D eigenvalue weighted by Crippen LogP contribution is 2.25. The first-order chi connectivity index (χ1) is 7.24. The van der Waals surface area contributed by atoms with Gasteiger partial charge in [-0.15, -0.1) is 0 Å². The Morgan fingerprint density at radius 2 is 2.00 bits per heavy atom. The van der Waals surface area contributed by atoms with Crippen LogP contribution in [0.5, 0.6) is 0 Å². The minimum Gasteiger partial charge on any atom is -0.378 e. The molecular formula is C13H27NO. The highest BCUT2D eigenvalue weighted by Gasteiger charge is 2.24. The summed E-state index contributed by atoms with van der Waals surface area (Å²) in [7, 11) is 0. The molecule has 0 amide bonds. The zero-order chi connectivity index (χ0) is 11.1. The zero-order valence-electron chi connectivity index (χ0n) is 10.6. The van der Waals surface area contributed by atoms with Gasteiger partial charge in [0, 0.05) is 6.04 Å². The van der Waals surface area contributed by atoms with Gasteiger partial charge in [0.1, 0.15) is 0 Å². The molecule has 0 aliphatic heterocycles. The molecule has 1 saturated carbocycles. The summed E-state index contributed by atoms with van der Waals surface area (Å²) < 4.78 is 5.75. The van der Waals surface area contributed by atoms with Crippen LogP contribution < -0.4 is 5.32 Å². The van der Waals surface area contributed by atoms with Gasteiger partial charge in [0.15, 0.2) is 0 Å². The number of rotatable bonds is 6. The Balaban J connectivity index is 2.29. The summed E-state index contributed by atoms with van der Waals surface area (Å²) in [4.78, 5) is 0. The monoisotopic (exact) mass is 213 g/mol. The van der Waals surface area contributed by atoms with Crippen molar-refractivity contribution in [2.75, 3.05) is 13.2 Å². The molecule has 90 valence electrons. The van der Waals surface area contributed by atoms with Gasteiger partial charge in [-0.2, -0.15) is 0 Å². The Kier molecular flexibility index (Phi) is 6.26. The SMILES string of the molecule is CCCNC1CCCCC1COC(C)C. The van der Waals surface area contributed by atoms with Crippen molar-refractivity contribution in [2.24, 2.45) is 5.92 Å². The molecule has 0 aromatic rings.